The number of aromatic nitrogens is 3. The van der Waals surface area contributed by atoms with Crippen LogP contribution in [-0.2, 0) is 0 Å². The van der Waals surface area contributed by atoms with E-state index in [0.717, 1.165) is 4.47 Å². The van der Waals surface area contributed by atoms with E-state index in [1.54, 1.807) is 18.5 Å². The molecule has 0 aromatic carbocycles. The summed E-state index contributed by atoms with van der Waals surface area (Å²) in [6, 6.07) is 1.72. The summed E-state index contributed by atoms with van der Waals surface area (Å²) in [6.07, 6.45) is 3.42. The first-order valence-electron chi connectivity index (χ1n) is 4.43. The fourth-order valence-corrected chi connectivity index (χ4v) is 1.56. The largest absolute Gasteiger partial charge is 0.263 e. The van der Waals surface area contributed by atoms with Gasteiger partial charge in [0.1, 0.15) is 0 Å². The molecule has 0 spiro atoms. The molecule has 66 valence electrons. The van der Waals surface area contributed by atoms with E-state index in [0.29, 0.717) is 10.2 Å². The van der Waals surface area contributed by atoms with Crippen LogP contribution in [-0.4, -0.2) is 14.8 Å². The molecule has 0 amide bonds. The lowest BCUT2D eigenvalue weighted by molar-refractivity contribution is 0.872. The number of rotatable bonds is 1. The van der Waals surface area contributed by atoms with Crippen LogP contribution in [0.1, 0.15) is 2.74 Å². The van der Waals surface area contributed by atoms with E-state index >= 15 is 0 Å². The van der Waals surface area contributed by atoms with Crippen LogP contribution in [0.4, 0.5) is 0 Å². The monoisotopic (exact) mass is 303 g/mol. The second-order valence-electron chi connectivity index (χ2n) is 2.28. The van der Waals surface area contributed by atoms with E-state index < -0.39 is 0 Å². The van der Waals surface area contributed by atoms with Gasteiger partial charge in [0.05, 0.1) is 23.5 Å². The van der Waals surface area contributed by atoms with Gasteiger partial charge in [-0.05, 0) is 37.9 Å². The molecule has 0 aliphatic carbocycles. The second kappa shape index (κ2) is 3.59. The first-order valence-corrected chi connectivity index (χ1v) is 5.01. The summed E-state index contributed by atoms with van der Waals surface area (Å²) in [4.78, 5) is 3.92. The Bertz CT molecular complexity index is 513. The lowest BCUT2D eigenvalue weighted by atomic mass is 10.4. The van der Waals surface area contributed by atoms with Crippen molar-refractivity contribution in [2.24, 2.45) is 0 Å². The van der Waals surface area contributed by atoms with Crippen molar-refractivity contribution < 1.29 is 2.74 Å². The molecule has 0 fully saturated rings. The molecule has 0 aliphatic rings. The zero-order valence-electron chi connectivity index (χ0n) is 8.33. The summed E-state index contributed by atoms with van der Waals surface area (Å²) in [5.41, 5.74) is 0.689. The Morgan fingerprint density at radius 3 is 2.92 bits per heavy atom. The minimum Gasteiger partial charge on any atom is -0.263 e. The number of pyridine rings is 1. The van der Waals surface area contributed by atoms with Crippen LogP contribution in [0, 0.1) is 0 Å². The predicted octanol–water partition coefficient (Wildman–Crippen LogP) is 2.79. The zero-order valence-corrected chi connectivity index (χ0v) is 9.50. The van der Waals surface area contributed by atoms with E-state index in [1.165, 1.54) is 4.68 Å². The summed E-state index contributed by atoms with van der Waals surface area (Å²) in [5, 5.41) is 3.93. The summed E-state index contributed by atoms with van der Waals surface area (Å²) < 4.78 is 17.7. The maximum absolute atomic E-state index is 7.74. The van der Waals surface area contributed by atoms with E-state index in [9.17, 15) is 0 Å². The highest BCUT2D eigenvalue weighted by molar-refractivity contribution is 9.10. The molecule has 2 aromatic rings. The SMILES string of the molecule is [2H]c1nn(-c2ccncc2Br)c([2H])c1Br. The van der Waals surface area contributed by atoms with Gasteiger partial charge in [-0.25, -0.2) is 4.68 Å². The van der Waals surface area contributed by atoms with Crippen molar-refractivity contribution in [3.8, 4) is 5.69 Å². The van der Waals surface area contributed by atoms with Crippen LogP contribution in [0.25, 0.3) is 5.69 Å². The van der Waals surface area contributed by atoms with Crippen molar-refractivity contribution in [3.63, 3.8) is 0 Å². The third kappa shape index (κ3) is 1.81. The van der Waals surface area contributed by atoms with Gasteiger partial charge in [-0.1, -0.05) is 0 Å². The Morgan fingerprint density at radius 1 is 1.46 bits per heavy atom. The van der Waals surface area contributed by atoms with Crippen molar-refractivity contribution in [2.75, 3.05) is 0 Å². The number of hydrogen-bond acceptors (Lipinski definition) is 2. The minimum atomic E-state index is 0.0451. The highest BCUT2D eigenvalue weighted by atomic mass is 79.9. The van der Waals surface area contributed by atoms with Crippen LogP contribution in [0.5, 0.6) is 0 Å². The topological polar surface area (TPSA) is 30.7 Å². The second-order valence-corrected chi connectivity index (χ2v) is 3.92. The van der Waals surface area contributed by atoms with Gasteiger partial charge >= 0.3 is 0 Å². The van der Waals surface area contributed by atoms with Crippen LogP contribution >= 0.6 is 31.9 Å². The van der Waals surface area contributed by atoms with Gasteiger partial charge < -0.3 is 0 Å². The molecule has 2 rings (SSSR count). The third-order valence-electron chi connectivity index (χ3n) is 1.43. The Labute approximate surface area is 94.9 Å². The summed E-state index contributed by atoms with van der Waals surface area (Å²) in [7, 11) is 0. The van der Waals surface area contributed by atoms with Crippen molar-refractivity contribution in [2.45, 2.75) is 0 Å². The molecule has 0 saturated carbocycles. The standard InChI is InChI=1S/C8H5Br2N3/c9-6-3-12-13(5-6)8-1-2-11-4-7(8)10/h1-5H/i3D,5D. The minimum absolute atomic E-state index is 0.0451. The number of halogens is 2. The molecule has 5 heteroatoms. The van der Waals surface area contributed by atoms with Gasteiger partial charge in [-0.15, -0.1) is 0 Å². The highest BCUT2D eigenvalue weighted by Gasteiger charge is 2.02. The van der Waals surface area contributed by atoms with Gasteiger partial charge in [0.15, 0.2) is 0 Å². The van der Waals surface area contributed by atoms with Gasteiger partial charge in [-0.3, -0.25) is 4.98 Å². The predicted molar refractivity (Wildman–Crippen MR) is 56.8 cm³/mol. The number of hydrogen-bond donors (Lipinski definition) is 0. The van der Waals surface area contributed by atoms with E-state index in [4.69, 9.17) is 2.74 Å². The first kappa shape index (κ1) is 6.73. The summed E-state index contributed by atoms with van der Waals surface area (Å²) in [5.74, 6) is 0. The molecular formula is C8H5Br2N3. The van der Waals surface area contributed by atoms with E-state index in [2.05, 4.69) is 41.9 Å². The quantitative estimate of drug-likeness (QED) is 0.811. The smallest absolute Gasteiger partial charge is 0.0872 e. The molecule has 3 nitrogen and oxygen atoms in total. The lowest BCUT2D eigenvalue weighted by Gasteiger charge is -2.01. The molecule has 13 heavy (non-hydrogen) atoms. The molecule has 0 radical (unpaired) electrons. The molecule has 0 unspecified atom stereocenters. The summed E-state index contributed by atoms with van der Waals surface area (Å²) >= 11 is 6.45. The van der Waals surface area contributed by atoms with Gasteiger partial charge in [0.25, 0.3) is 0 Å². The van der Waals surface area contributed by atoms with Crippen LogP contribution in [0.3, 0.4) is 0 Å². The summed E-state index contributed by atoms with van der Waals surface area (Å²) in [6.45, 7) is 0. The van der Waals surface area contributed by atoms with Gasteiger partial charge in [-0.2, -0.15) is 5.10 Å². The Morgan fingerprint density at radius 2 is 2.31 bits per heavy atom. The molecule has 0 N–H and O–H groups in total. The number of nitrogens with zero attached hydrogens (tertiary/aromatic N) is 3. The van der Waals surface area contributed by atoms with Gasteiger partial charge in [0, 0.05) is 18.6 Å². The average Bonchev–Trinajstić information content (AvgIpc) is 2.47. The molecule has 0 bridgehead atoms. The molecule has 2 heterocycles. The first-order chi connectivity index (χ1) is 7.11. The fraction of sp³-hybridized carbons (Fsp3) is 0. The lowest BCUT2D eigenvalue weighted by Crippen LogP contribution is -1.95. The van der Waals surface area contributed by atoms with Crippen LogP contribution in [0.15, 0.2) is 39.8 Å². The van der Waals surface area contributed by atoms with Gasteiger partial charge in [0.2, 0.25) is 0 Å². The van der Waals surface area contributed by atoms with Crippen molar-refractivity contribution in [3.05, 3.63) is 39.8 Å². The maximum Gasteiger partial charge on any atom is 0.0872 e. The van der Waals surface area contributed by atoms with Crippen molar-refractivity contribution in [1.29, 1.82) is 0 Å². The van der Waals surface area contributed by atoms with E-state index in [1.807, 2.05) is 0 Å². The zero-order chi connectivity index (χ0) is 11.0. The Hall–Kier alpha value is -0.680. The molecule has 0 aliphatic heterocycles. The molecule has 0 saturated heterocycles. The third-order valence-corrected chi connectivity index (χ3v) is 2.40. The molecule has 0 atom stereocenters. The Kier molecular flexibility index (Phi) is 1.86. The van der Waals surface area contributed by atoms with Crippen LogP contribution in [0.2, 0.25) is 0 Å². The van der Waals surface area contributed by atoms with E-state index in [-0.39, 0.29) is 12.3 Å². The molecule has 2 aromatic heterocycles. The Balaban J connectivity index is 2.65. The normalized spacial score (nSPS) is 12.5. The average molecular weight is 305 g/mol. The highest BCUT2D eigenvalue weighted by Crippen LogP contribution is 2.19. The van der Waals surface area contributed by atoms with Crippen molar-refractivity contribution in [1.82, 2.24) is 14.8 Å². The fourth-order valence-electron chi connectivity index (χ4n) is 0.891. The molecular weight excluding hydrogens is 298 g/mol. The van der Waals surface area contributed by atoms with Crippen LogP contribution < -0.4 is 0 Å². The maximum atomic E-state index is 7.74. The van der Waals surface area contributed by atoms with Crippen molar-refractivity contribution >= 4 is 31.9 Å².